The second-order valence-electron chi connectivity index (χ2n) is 6.19. The SMILES string of the molecule is CCS(=O)(=O)N1CCC(C(=O)NCCSCc2ccccc2C#N)CC1. The van der Waals surface area contributed by atoms with Crippen LogP contribution in [-0.4, -0.2) is 49.8 Å². The number of carbonyl (C=O) groups is 1. The third-order valence-corrected chi connectivity index (χ3v) is 7.41. The number of carbonyl (C=O) groups excluding carboxylic acids is 1. The number of thioether (sulfide) groups is 1. The Morgan fingerprint density at radius 1 is 1.35 bits per heavy atom. The highest BCUT2D eigenvalue weighted by Crippen LogP contribution is 2.20. The molecule has 1 aliphatic rings. The molecule has 1 aromatic carbocycles. The van der Waals surface area contributed by atoms with Gasteiger partial charge in [-0.3, -0.25) is 4.79 Å². The number of nitrogens with one attached hydrogen (secondary N) is 1. The Balaban J connectivity index is 1.66. The Labute approximate surface area is 160 Å². The Kier molecular flexibility index (Phi) is 7.94. The highest BCUT2D eigenvalue weighted by atomic mass is 32.2. The Bertz CT molecular complexity index is 751. The normalized spacial score (nSPS) is 16.2. The average Bonchev–Trinajstić information content (AvgIpc) is 2.68. The van der Waals surface area contributed by atoms with Gasteiger partial charge in [0.1, 0.15) is 0 Å². The average molecular weight is 396 g/mol. The van der Waals surface area contributed by atoms with Crippen LogP contribution in [0.15, 0.2) is 24.3 Å². The van der Waals surface area contributed by atoms with E-state index in [1.54, 1.807) is 18.7 Å². The molecule has 1 aromatic rings. The maximum atomic E-state index is 12.2. The summed E-state index contributed by atoms with van der Waals surface area (Å²) < 4.78 is 25.2. The first-order valence-corrected chi connectivity index (χ1v) is 11.6. The molecule has 0 aromatic heterocycles. The van der Waals surface area contributed by atoms with Gasteiger partial charge in [-0.2, -0.15) is 17.0 Å². The van der Waals surface area contributed by atoms with Crippen LogP contribution < -0.4 is 5.32 Å². The molecule has 0 radical (unpaired) electrons. The number of benzene rings is 1. The molecule has 1 aliphatic heterocycles. The molecule has 6 nitrogen and oxygen atoms in total. The zero-order valence-electron chi connectivity index (χ0n) is 15.0. The van der Waals surface area contributed by atoms with E-state index < -0.39 is 10.0 Å². The number of piperidine rings is 1. The Hall–Kier alpha value is -1.56. The van der Waals surface area contributed by atoms with Gasteiger partial charge in [0.25, 0.3) is 0 Å². The van der Waals surface area contributed by atoms with Crippen LogP contribution in [0, 0.1) is 17.2 Å². The molecule has 1 N–H and O–H groups in total. The fourth-order valence-corrected chi connectivity index (χ4v) is 4.90. The smallest absolute Gasteiger partial charge is 0.223 e. The maximum Gasteiger partial charge on any atom is 0.223 e. The zero-order valence-corrected chi connectivity index (χ0v) is 16.6. The van der Waals surface area contributed by atoms with E-state index >= 15 is 0 Å². The van der Waals surface area contributed by atoms with Gasteiger partial charge in [0.2, 0.25) is 15.9 Å². The molecule has 0 saturated carbocycles. The summed E-state index contributed by atoms with van der Waals surface area (Å²) in [7, 11) is -3.15. The summed E-state index contributed by atoms with van der Waals surface area (Å²) in [6.45, 7) is 3.06. The van der Waals surface area contributed by atoms with Gasteiger partial charge in [-0.1, -0.05) is 18.2 Å². The van der Waals surface area contributed by atoms with Crippen molar-refractivity contribution in [3.05, 3.63) is 35.4 Å². The van der Waals surface area contributed by atoms with E-state index in [9.17, 15) is 13.2 Å². The Morgan fingerprint density at radius 3 is 2.69 bits per heavy atom. The Morgan fingerprint density at radius 2 is 2.04 bits per heavy atom. The molecule has 0 aliphatic carbocycles. The number of amides is 1. The molecule has 8 heteroatoms. The van der Waals surface area contributed by atoms with Crippen LogP contribution in [0.5, 0.6) is 0 Å². The van der Waals surface area contributed by atoms with E-state index in [0.29, 0.717) is 38.0 Å². The van der Waals surface area contributed by atoms with Crippen molar-refractivity contribution in [3.8, 4) is 6.07 Å². The molecular formula is C18H25N3O3S2. The van der Waals surface area contributed by atoms with Gasteiger partial charge in [0.05, 0.1) is 17.4 Å². The van der Waals surface area contributed by atoms with Gasteiger partial charge in [0, 0.05) is 37.1 Å². The number of hydrogen-bond donors (Lipinski definition) is 1. The first-order valence-electron chi connectivity index (χ1n) is 8.79. The standard InChI is InChI=1S/C18H25N3O3S2/c1-2-26(23,24)21-10-7-15(8-11-21)18(22)20-9-12-25-14-17-6-4-3-5-16(17)13-19/h3-6,15H,2,7-12,14H2,1H3,(H,20,22). The van der Waals surface area contributed by atoms with E-state index in [2.05, 4.69) is 11.4 Å². The molecule has 0 unspecified atom stereocenters. The van der Waals surface area contributed by atoms with Crippen molar-refractivity contribution >= 4 is 27.7 Å². The lowest BCUT2D eigenvalue weighted by molar-refractivity contribution is -0.125. The van der Waals surface area contributed by atoms with Crippen LogP contribution in [0.3, 0.4) is 0 Å². The van der Waals surface area contributed by atoms with Crippen LogP contribution in [0.2, 0.25) is 0 Å². The summed E-state index contributed by atoms with van der Waals surface area (Å²) in [5, 5.41) is 12.0. The molecule has 1 fully saturated rings. The van der Waals surface area contributed by atoms with Gasteiger partial charge >= 0.3 is 0 Å². The summed E-state index contributed by atoms with van der Waals surface area (Å²) in [6, 6.07) is 9.71. The molecular weight excluding hydrogens is 370 g/mol. The van der Waals surface area contributed by atoms with Gasteiger partial charge < -0.3 is 5.32 Å². The molecule has 142 valence electrons. The van der Waals surface area contributed by atoms with Crippen molar-refractivity contribution in [3.63, 3.8) is 0 Å². The minimum absolute atomic E-state index is 0.0107. The minimum atomic E-state index is -3.15. The number of rotatable bonds is 8. The van der Waals surface area contributed by atoms with Gasteiger partial charge in [0.15, 0.2) is 0 Å². The summed E-state index contributed by atoms with van der Waals surface area (Å²) in [5.74, 6) is 1.52. The third-order valence-electron chi connectivity index (χ3n) is 4.52. The zero-order chi connectivity index (χ0) is 19.0. The summed E-state index contributed by atoms with van der Waals surface area (Å²) in [6.07, 6.45) is 1.15. The fourth-order valence-electron chi connectivity index (χ4n) is 2.91. The summed E-state index contributed by atoms with van der Waals surface area (Å²) >= 11 is 1.68. The second-order valence-corrected chi connectivity index (χ2v) is 9.55. The van der Waals surface area contributed by atoms with Gasteiger partial charge in [-0.05, 0) is 31.4 Å². The van der Waals surface area contributed by atoms with Crippen molar-refractivity contribution in [1.82, 2.24) is 9.62 Å². The quantitative estimate of drug-likeness (QED) is 0.680. The number of hydrogen-bond acceptors (Lipinski definition) is 5. The summed E-state index contributed by atoms with van der Waals surface area (Å²) in [4.78, 5) is 12.2. The molecule has 0 bridgehead atoms. The minimum Gasteiger partial charge on any atom is -0.355 e. The predicted molar refractivity (Wildman–Crippen MR) is 104 cm³/mol. The van der Waals surface area contributed by atoms with Crippen molar-refractivity contribution in [2.45, 2.75) is 25.5 Å². The van der Waals surface area contributed by atoms with Crippen molar-refractivity contribution in [2.24, 2.45) is 5.92 Å². The second kappa shape index (κ2) is 9.95. The lowest BCUT2D eigenvalue weighted by atomic mass is 9.97. The maximum absolute atomic E-state index is 12.2. The summed E-state index contributed by atoms with van der Waals surface area (Å²) in [5.41, 5.74) is 1.70. The van der Waals surface area contributed by atoms with Crippen LogP contribution in [0.1, 0.15) is 30.9 Å². The first-order chi connectivity index (χ1) is 12.5. The topological polar surface area (TPSA) is 90.3 Å². The van der Waals surface area contributed by atoms with Crippen molar-refractivity contribution < 1.29 is 13.2 Å². The van der Waals surface area contributed by atoms with Gasteiger partial charge in [-0.25, -0.2) is 12.7 Å². The fraction of sp³-hybridized carbons (Fsp3) is 0.556. The third kappa shape index (κ3) is 5.73. The van der Waals surface area contributed by atoms with Crippen LogP contribution in [-0.2, 0) is 20.6 Å². The van der Waals surface area contributed by atoms with Crippen LogP contribution in [0.4, 0.5) is 0 Å². The van der Waals surface area contributed by atoms with E-state index in [1.807, 2.05) is 24.3 Å². The molecule has 1 saturated heterocycles. The monoisotopic (exact) mass is 395 g/mol. The van der Waals surface area contributed by atoms with E-state index in [0.717, 1.165) is 17.1 Å². The number of nitrogens with zero attached hydrogens (tertiary/aromatic N) is 2. The molecule has 0 spiro atoms. The largest absolute Gasteiger partial charge is 0.355 e. The van der Waals surface area contributed by atoms with E-state index in [-0.39, 0.29) is 17.6 Å². The van der Waals surface area contributed by atoms with Crippen molar-refractivity contribution in [2.75, 3.05) is 31.1 Å². The van der Waals surface area contributed by atoms with E-state index in [4.69, 9.17) is 5.26 Å². The van der Waals surface area contributed by atoms with Gasteiger partial charge in [-0.15, -0.1) is 0 Å². The first kappa shape index (κ1) is 20.7. The molecule has 26 heavy (non-hydrogen) atoms. The highest BCUT2D eigenvalue weighted by Gasteiger charge is 2.29. The van der Waals surface area contributed by atoms with Crippen LogP contribution >= 0.6 is 11.8 Å². The van der Waals surface area contributed by atoms with E-state index in [1.165, 1.54) is 4.31 Å². The lowest BCUT2D eigenvalue weighted by Gasteiger charge is -2.30. The molecule has 2 rings (SSSR count). The molecule has 1 amide bonds. The van der Waals surface area contributed by atoms with Crippen molar-refractivity contribution in [1.29, 1.82) is 5.26 Å². The predicted octanol–water partition coefficient (Wildman–Crippen LogP) is 1.97. The number of nitriles is 1. The lowest BCUT2D eigenvalue weighted by Crippen LogP contribution is -2.43. The highest BCUT2D eigenvalue weighted by molar-refractivity contribution is 7.98. The molecule has 0 atom stereocenters. The molecule has 1 heterocycles. The van der Waals surface area contributed by atoms with Crippen LogP contribution in [0.25, 0.3) is 0 Å². The number of sulfonamides is 1.